The lowest BCUT2D eigenvalue weighted by atomic mass is 9.73. The SMILES string of the molecule is CC(=O)c1cccc(NC(=O)CN2C(=O)N[C@@]3(CCCC[C@@H]3C)C2=O)c1. The molecule has 2 atom stereocenters. The Balaban J connectivity index is 1.69. The molecule has 2 aliphatic rings. The van der Waals surface area contributed by atoms with Gasteiger partial charge in [-0.15, -0.1) is 0 Å². The van der Waals surface area contributed by atoms with Gasteiger partial charge in [-0.2, -0.15) is 0 Å². The van der Waals surface area contributed by atoms with Crippen LogP contribution >= 0.6 is 0 Å². The van der Waals surface area contributed by atoms with Crippen molar-refractivity contribution in [1.82, 2.24) is 10.2 Å². The summed E-state index contributed by atoms with van der Waals surface area (Å²) in [6.45, 7) is 3.07. The van der Waals surface area contributed by atoms with Gasteiger partial charge < -0.3 is 10.6 Å². The third-order valence-corrected chi connectivity index (χ3v) is 5.36. The zero-order chi connectivity index (χ0) is 18.9. The standard InChI is InChI=1S/C19H23N3O4/c1-12-6-3-4-9-19(12)17(25)22(18(26)21-19)11-16(24)20-15-8-5-7-14(10-15)13(2)23/h5,7-8,10,12H,3-4,6,9,11H2,1-2H3,(H,20,24)(H,21,26)/t12-,19+/m0/s1. The smallest absolute Gasteiger partial charge is 0.325 e. The number of rotatable bonds is 4. The molecule has 3 rings (SSSR count). The first kappa shape index (κ1) is 18.1. The van der Waals surface area contributed by atoms with E-state index in [-0.39, 0.29) is 24.2 Å². The Labute approximate surface area is 152 Å². The van der Waals surface area contributed by atoms with Crippen molar-refractivity contribution in [2.75, 3.05) is 11.9 Å². The van der Waals surface area contributed by atoms with Crippen LogP contribution in [0.2, 0.25) is 0 Å². The average Bonchev–Trinajstić information content (AvgIpc) is 2.83. The number of urea groups is 1. The van der Waals surface area contributed by atoms with Crippen LogP contribution in [0.5, 0.6) is 0 Å². The van der Waals surface area contributed by atoms with Crippen molar-refractivity contribution < 1.29 is 19.2 Å². The molecule has 1 saturated heterocycles. The summed E-state index contributed by atoms with van der Waals surface area (Å²) in [6, 6.07) is 6.02. The molecule has 26 heavy (non-hydrogen) atoms. The number of carbonyl (C=O) groups is 4. The third-order valence-electron chi connectivity index (χ3n) is 5.36. The maximum atomic E-state index is 12.9. The summed E-state index contributed by atoms with van der Waals surface area (Å²) in [5.74, 6) is -0.853. The highest BCUT2D eigenvalue weighted by atomic mass is 16.2. The van der Waals surface area contributed by atoms with E-state index in [4.69, 9.17) is 0 Å². The van der Waals surface area contributed by atoms with Gasteiger partial charge in [-0.3, -0.25) is 19.3 Å². The second kappa shape index (κ2) is 6.90. The van der Waals surface area contributed by atoms with Crippen molar-refractivity contribution in [2.24, 2.45) is 5.92 Å². The number of hydrogen-bond acceptors (Lipinski definition) is 4. The van der Waals surface area contributed by atoms with Crippen molar-refractivity contribution in [3.8, 4) is 0 Å². The van der Waals surface area contributed by atoms with Gasteiger partial charge in [-0.05, 0) is 37.8 Å². The summed E-state index contributed by atoms with van der Waals surface area (Å²) < 4.78 is 0. The molecule has 0 aromatic heterocycles. The maximum Gasteiger partial charge on any atom is 0.325 e. The highest BCUT2D eigenvalue weighted by molar-refractivity contribution is 6.10. The molecule has 1 aliphatic carbocycles. The summed E-state index contributed by atoms with van der Waals surface area (Å²) in [6.07, 6.45) is 3.41. The minimum atomic E-state index is -0.871. The van der Waals surface area contributed by atoms with Gasteiger partial charge in [0, 0.05) is 11.3 Å². The Morgan fingerprint density at radius 2 is 2.08 bits per heavy atom. The molecule has 4 amide bonds. The molecular formula is C19H23N3O4. The molecule has 7 nitrogen and oxygen atoms in total. The quantitative estimate of drug-likeness (QED) is 0.638. The van der Waals surface area contributed by atoms with Gasteiger partial charge in [-0.1, -0.05) is 31.9 Å². The number of imide groups is 1. The molecule has 1 aromatic rings. The Morgan fingerprint density at radius 1 is 1.31 bits per heavy atom. The first-order valence-corrected chi connectivity index (χ1v) is 8.88. The van der Waals surface area contributed by atoms with E-state index in [1.165, 1.54) is 6.92 Å². The number of ketones is 1. The number of nitrogens with zero attached hydrogens (tertiary/aromatic N) is 1. The molecule has 1 aromatic carbocycles. The number of carbonyl (C=O) groups excluding carboxylic acids is 4. The summed E-state index contributed by atoms with van der Waals surface area (Å²) in [5, 5.41) is 5.47. The van der Waals surface area contributed by atoms with E-state index in [0.29, 0.717) is 17.7 Å². The second-order valence-corrected chi connectivity index (χ2v) is 7.12. The van der Waals surface area contributed by atoms with Crippen molar-refractivity contribution >= 4 is 29.3 Å². The number of amides is 4. The van der Waals surface area contributed by atoms with Crippen molar-refractivity contribution in [3.63, 3.8) is 0 Å². The second-order valence-electron chi connectivity index (χ2n) is 7.12. The maximum absolute atomic E-state index is 12.9. The van der Waals surface area contributed by atoms with E-state index < -0.39 is 17.5 Å². The predicted molar refractivity (Wildman–Crippen MR) is 95.7 cm³/mol. The van der Waals surface area contributed by atoms with E-state index in [1.807, 2.05) is 6.92 Å². The van der Waals surface area contributed by atoms with Crippen LogP contribution in [0.4, 0.5) is 10.5 Å². The molecule has 0 bridgehead atoms. The van der Waals surface area contributed by atoms with Gasteiger partial charge in [0.05, 0.1) is 0 Å². The molecule has 1 heterocycles. The van der Waals surface area contributed by atoms with Gasteiger partial charge >= 0.3 is 6.03 Å². The predicted octanol–water partition coefficient (Wildman–Crippen LogP) is 2.33. The highest BCUT2D eigenvalue weighted by Crippen LogP contribution is 2.38. The molecule has 1 aliphatic heterocycles. The monoisotopic (exact) mass is 357 g/mol. The number of nitrogens with one attached hydrogen (secondary N) is 2. The summed E-state index contributed by atoms with van der Waals surface area (Å²) in [7, 11) is 0. The van der Waals surface area contributed by atoms with E-state index in [2.05, 4.69) is 10.6 Å². The first-order chi connectivity index (χ1) is 12.3. The fraction of sp³-hybridized carbons (Fsp3) is 0.474. The lowest BCUT2D eigenvalue weighted by Gasteiger charge is -2.36. The van der Waals surface area contributed by atoms with E-state index >= 15 is 0 Å². The van der Waals surface area contributed by atoms with Crippen LogP contribution in [0.25, 0.3) is 0 Å². The molecular weight excluding hydrogens is 334 g/mol. The first-order valence-electron chi connectivity index (χ1n) is 8.88. The third kappa shape index (κ3) is 3.21. The Hall–Kier alpha value is -2.70. The molecule has 1 spiro atoms. The Bertz CT molecular complexity index is 776. The van der Waals surface area contributed by atoms with Gasteiger partial charge in [0.15, 0.2) is 5.78 Å². The van der Waals surface area contributed by atoms with Crippen molar-refractivity contribution in [3.05, 3.63) is 29.8 Å². The largest absolute Gasteiger partial charge is 0.325 e. The zero-order valence-corrected chi connectivity index (χ0v) is 15.0. The average molecular weight is 357 g/mol. The van der Waals surface area contributed by atoms with Gasteiger partial charge in [-0.25, -0.2) is 4.79 Å². The van der Waals surface area contributed by atoms with Crippen LogP contribution in [0.15, 0.2) is 24.3 Å². The fourth-order valence-electron chi connectivity index (χ4n) is 3.80. The van der Waals surface area contributed by atoms with E-state index in [1.54, 1.807) is 24.3 Å². The van der Waals surface area contributed by atoms with E-state index in [9.17, 15) is 19.2 Å². The summed E-state index contributed by atoms with van der Waals surface area (Å²) >= 11 is 0. The number of hydrogen-bond donors (Lipinski definition) is 2. The van der Waals surface area contributed by atoms with Crippen LogP contribution in [-0.4, -0.2) is 40.6 Å². The molecule has 0 unspecified atom stereocenters. The molecule has 2 fully saturated rings. The highest BCUT2D eigenvalue weighted by Gasteiger charge is 2.55. The van der Waals surface area contributed by atoms with Crippen LogP contribution < -0.4 is 10.6 Å². The van der Waals surface area contributed by atoms with Gasteiger partial charge in [0.25, 0.3) is 5.91 Å². The molecule has 1 saturated carbocycles. The Kier molecular flexibility index (Phi) is 4.80. The normalized spacial score (nSPS) is 25.3. The number of Topliss-reactive ketones (excluding diaryl/α,β-unsaturated/α-hetero) is 1. The molecule has 0 radical (unpaired) electrons. The topological polar surface area (TPSA) is 95.6 Å². The zero-order valence-electron chi connectivity index (χ0n) is 15.0. The fourth-order valence-corrected chi connectivity index (χ4v) is 3.80. The lowest BCUT2D eigenvalue weighted by molar-refractivity contribution is -0.136. The molecule has 7 heteroatoms. The van der Waals surface area contributed by atoms with Crippen LogP contribution in [-0.2, 0) is 9.59 Å². The van der Waals surface area contributed by atoms with Crippen LogP contribution in [0.3, 0.4) is 0 Å². The van der Waals surface area contributed by atoms with Gasteiger partial charge in [0.1, 0.15) is 12.1 Å². The van der Waals surface area contributed by atoms with E-state index in [0.717, 1.165) is 24.2 Å². The van der Waals surface area contributed by atoms with Gasteiger partial charge in [0.2, 0.25) is 5.91 Å². The van der Waals surface area contributed by atoms with Crippen LogP contribution in [0, 0.1) is 5.92 Å². The van der Waals surface area contributed by atoms with Crippen molar-refractivity contribution in [1.29, 1.82) is 0 Å². The molecule has 2 N–H and O–H groups in total. The van der Waals surface area contributed by atoms with Crippen LogP contribution in [0.1, 0.15) is 49.9 Å². The number of anilines is 1. The van der Waals surface area contributed by atoms with Crippen molar-refractivity contribution in [2.45, 2.75) is 45.1 Å². The Morgan fingerprint density at radius 3 is 2.77 bits per heavy atom. The number of benzene rings is 1. The summed E-state index contributed by atoms with van der Waals surface area (Å²) in [4.78, 5) is 49.9. The summed E-state index contributed by atoms with van der Waals surface area (Å²) in [5.41, 5.74) is 0.0627. The minimum absolute atomic E-state index is 0.0491. The minimum Gasteiger partial charge on any atom is -0.325 e. The lowest BCUT2D eigenvalue weighted by Crippen LogP contribution is -2.54. The molecule has 138 valence electrons.